The molecule has 1 atom stereocenters. The van der Waals surface area contributed by atoms with E-state index in [0.29, 0.717) is 19.4 Å². The van der Waals surface area contributed by atoms with Gasteiger partial charge in [0.15, 0.2) is 0 Å². The lowest BCUT2D eigenvalue weighted by Gasteiger charge is -2.22. The van der Waals surface area contributed by atoms with Crippen LogP contribution < -0.4 is 10.6 Å². The number of nitrogens with one attached hydrogen (secondary N) is 2. The number of amides is 4. The Balaban J connectivity index is 1.22. The number of carbonyl (C=O) groups is 3. The molecule has 1 spiro atoms. The molecule has 4 amide bonds. The minimum atomic E-state index is -1.02. The molecule has 1 unspecified atom stereocenters. The standard InChI is InChI=1S/C23H21N3O3S/c27-20(24-12-10-16-14-30-19-8-4-2-6-17(16)19)13-26-21(28)23(25-22(26)29)11-9-15-5-1-3-7-18(15)23/h1-8,14H,9-13H2,(H,24,27)(H,25,29). The normalized spacial score (nSPS) is 20.1. The third kappa shape index (κ3) is 2.97. The van der Waals surface area contributed by atoms with E-state index in [9.17, 15) is 14.4 Å². The van der Waals surface area contributed by atoms with Gasteiger partial charge in [-0.1, -0.05) is 42.5 Å². The smallest absolute Gasteiger partial charge is 0.325 e. The van der Waals surface area contributed by atoms with Gasteiger partial charge in [-0.25, -0.2) is 4.79 Å². The Labute approximate surface area is 177 Å². The quantitative estimate of drug-likeness (QED) is 0.624. The van der Waals surface area contributed by atoms with Crippen molar-refractivity contribution < 1.29 is 14.4 Å². The van der Waals surface area contributed by atoms with Crippen LogP contribution in [-0.4, -0.2) is 35.8 Å². The Morgan fingerprint density at radius 3 is 2.83 bits per heavy atom. The average Bonchev–Trinajstić information content (AvgIpc) is 3.40. The molecule has 7 heteroatoms. The van der Waals surface area contributed by atoms with E-state index in [1.54, 1.807) is 11.3 Å². The fourth-order valence-corrected chi connectivity index (χ4v) is 5.49. The van der Waals surface area contributed by atoms with Crippen LogP contribution in [0, 0.1) is 0 Å². The number of fused-ring (bicyclic) bond motifs is 3. The molecule has 1 aliphatic heterocycles. The Morgan fingerprint density at radius 1 is 1.13 bits per heavy atom. The lowest BCUT2D eigenvalue weighted by atomic mass is 9.92. The predicted molar refractivity (Wildman–Crippen MR) is 115 cm³/mol. The van der Waals surface area contributed by atoms with E-state index in [1.807, 2.05) is 36.4 Å². The number of hydrogen-bond acceptors (Lipinski definition) is 4. The summed E-state index contributed by atoms with van der Waals surface area (Å²) in [5.74, 6) is -0.669. The molecule has 0 bridgehead atoms. The minimum absolute atomic E-state index is 0.265. The summed E-state index contributed by atoms with van der Waals surface area (Å²) in [5, 5.41) is 9.00. The van der Waals surface area contributed by atoms with Crippen LogP contribution in [0.25, 0.3) is 10.1 Å². The molecular formula is C23H21N3O3S. The number of thiophene rings is 1. The summed E-state index contributed by atoms with van der Waals surface area (Å²) in [4.78, 5) is 39.1. The molecule has 3 aromatic rings. The van der Waals surface area contributed by atoms with E-state index in [0.717, 1.165) is 22.4 Å². The fourth-order valence-electron chi connectivity index (χ4n) is 4.50. The van der Waals surface area contributed by atoms with Crippen molar-refractivity contribution in [2.45, 2.75) is 24.8 Å². The van der Waals surface area contributed by atoms with Crippen LogP contribution in [0.1, 0.15) is 23.1 Å². The van der Waals surface area contributed by atoms with Gasteiger partial charge in [0.1, 0.15) is 12.1 Å². The molecule has 0 radical (unpaired) electrons. The molecule has 30 heavy (non-hydrogen) atoms. The van der Waals surface area contributed by atoms with E-state index >= 15 is 0 Å². The van der Waals surface area contributed by atoms with Gasteiger partial charge >= 0.3 is 6.03 Å². The van der Waals surface area contributed by atoms with Gasteiger partial charge in [-0.3, -0.25) is 14.5 Å². The molecule has 1 aliphatic carbocycles. The zero-order valence-corrected chi connectivity index (χ0v) is 17.1. The number of rotatable bonds is 5. The molecule has 2 aromatic carbocycles. The fraction of sp³-hybridized carbons (Fsp3) is 0.261. The summed E-state index contributed by atoms with van der Waals surface area (Å²) in [6.07, 6.45) is 1.96. The number of aryl methyl sites for hydroxylation is 1. The monoisotopic (exact) mass is 419 g/mol. The molecular weight excluding hydrogens is 398 g/mol. The van der Waals surface area contributed by atoms with Crippen molar-refractivity contribution in [2.75, 3.05) is 13.1 Å². The maximum absolute atomic E-state index is 13.1. The lowest BCUT2D eigenvalue weighted by Crippen LogP contribution is -2.44. The first-order chi connectivity index (χ1) is 14.6. The molecule has 2 N–H and O–H groups in total. The second-order valence-electron chi connectivity index (χ2n) is 7.74. The third-order valence-corrected chi connectivity index (χ3v) is 7.01. The molecule has 0 saturated carbocycles. The molecule has 2 aliphatic rings. The highest BCUT2D eigenvalue weighted by atomic mass is 32.1. The summed E-state index contributed by atoms with van der Waals surface area (Å²) in [6.45, 7) is 0.191. The Hall–Kier alpha value is -3.19. The number of urea groups is 1. The van der Waals surface area contributed by atoms with E-state index in [4.69, 9.17) is 0 Å². The molecule has 2 heterocycles. The molecule has 5 rings (SSSR count). The van der Waals surface area contributed by atoms with E-state index in [2.05, 4.69) is 28.1 Å². The van der Waals surface area contributed by atoms with Gasteiger partial charge in [-0.2, -0.15) is 0 Å². The first-order valence-corrected chi connectivity index (χ1v) is 10.9. The number of benzene rings is 2. The lowest BCUT2D eigenvalue weighted by molar-refractivity contribution is -0.135. The summed E-state index contributed by atoms with van der Waals surface area (Å²) in [7, 11) is 0. The van der Waals surface area contributed by atoms with Crippen molar-refractivity contribution in [1.82, 2.24) is 15.5 Å². The van der Waals surface area contributed by atoms with Crippen LogP contribution in [-0.2, 0) is 28.0 Å². The summed E-state index contributed by atoms with van der Waals surface area (Å²) in [5.41, 5.74) is 2.08. The van der Waals surface area contributed by atoms with Crippen LogP contribution >= 0.6 is 11.3 Å². The van der Waals surface area contributed by atoms with Crippen molar-refractivity contribution >= 4 is 39.3 Å². The van der Waals surface area contributed by atoms with Crippen molar-refractivity contribution in [1.29, 1.82) is 0 Å². The minimum Gasteiger partial charge on any atom is -0.354 e. The van der Waals surface area contributed by atoms with Crippen molar-refractivity contribution in [3.05, 3.63) is 70.6 Å². The van der Waals surface area contributed by atoms with E-state index in [-0.39, 0.29) is 18.4 Å². The van der Waals surface area contributed by atoms with Crippen molar-refractivity contribution in [3.63, 3.8) is 0 Å². The molecule has 1 fully saturated rings. The van der Waals surface area contributed by atoms with Gasteiger partial charge in [0, 0.05) is 11.2 Å². The van der Waals surface area contributed by atoms with Crippen LogP contribution in [0.15, 0.2) is 53.9 Å². The number of hydrogen-bond donors (Lipinski definition) is 2. The summed E-state index contributed by atoms with van der Waals surface area (Å²) >= 11 is 1.69. The third-order valence-electron chi connectivity index (χ3n) is 6.00. The molecule has 1 saturated heterocycles. The number of nitrogens with zero attached hydrogens (tertiary/aromatic N) is 1. The highest BCUT2D eigenvalue weighted by Gasteiger charge is 2.55. The Kier molecular flexibility index (Phi) is 4.55. The van der Waals surface area contributed by atoms with Crippen molar-refractivity contribution in [3.8, 4) is 0 Å². The largest absolute Gasteiger partial charge is 0.354 e. The topological polar surface area (TPSA) is 78.5 Å². The molecule has 1 aromatic heterocycles. The average molecular weight is 420 g/mol. The zero-order chi connectivity index (χ0) is 20.7. The Morgan fingerprint density at radius 2 is 1.93 bits per heavy atom. The first kappa shape index (κ1) is 18.8. The molecule has 152 valence electrons. The van der Waals surface area contributed by atoms with Gasteiger partial charge in [0.05, 0.1) is 0 Å². The number of imide groups is 1. The van der Waals surface area contributed by atoms with Crippen LogP contribution in [0.3, 0.4) is 0 Å². The van der Waals surface area contributed by atoms with Gasteiger partial charge in [0.2, 0.25) is 5.91 Å². The molecule has 6 nitrogen and oxygen atoms in total. The summed E-state index contributed by atoms with van der Waals surface area (Å²) < 4.78 is 1.22. The second-order valence-corrected chi connectivity index (χ2v) is 8.65. The van der Waals surface area contributed by atoms with Crippen LogP contribution in [0.5, 0.6) is 0 Å². The van der Waals surface area contributed by atoms with Crippen LogP contribution in [0.4, 0.5) is 4.79 Å². The zero-order valence-electron chi connectivity index (χ0n) is 16.3. The maximum Gasteiger partial charge on any atom is 0.325 e. The SMILES string of the molecule is O=C(CN1C(=O)NC2(CCc3ccccc32)C1=O)NCCc1csc2ccccc12. The summed E-state index contributed by atoms with van der Waals surface area (Å²) in [6, 6.07) is 15.3. The second kappa shape index (κ2) is 7.25. The van der Waals surface area contributed by atoms with Crippen molar-refractivity contribution in [2.24, 2.45) is 0 Å². The predicted octanol–water partition coefficient (Wildman–Crippen LogP) is 2.95. The highest BCUT2D eigenvalue weighted by molar-refractivity contribution is 7.17. The Bertz CT molecular complexity index is 1170. The number of carbonyl (C=O) groups excluding carboxylic acids is 3. The first-order valence-electron chi connectivity index (χ1n) is 10.0. The van der Waals surface area contributed by atoms with Gasteiger partial charge < -0.3 is 10.6 Å². The van der Waals surface area contributed by atoms with Gasteiger partial charge in [-0.15, -0.1) is 11.3 Å². The van der Waals surface area contributed by atoms with E-state index < -0.39 is 11.6 Å². The van der Waals surface area contributed by atoms with Crippen LogP contribution in [0.2, 0.25) is 0 Å². The maximum atomic E-state index is 13.1. The highest BCUT2D eigenvalue weighted by Crippen LogP contribution is 2.41. The van der Waals surface area contributed by atoms with E-state index in [1.165, 1.54) is 15.6 Å². The van der Waals surface area contributed by atoms with Gasteiger partial charge in [-0.05, 0) is 52.8 Å². The van der Waals surface area contributed by atoms with Gasteiger partial charge in [0.25, 0.3) is 5.91 Å².